The number of hydrogen-bond acceptors (Lipinski definition) is 2. The van der Waals surface area contributed by atoms with E-state index in [1.807, 2.05) is 13.8 Å². The van der Waals surface area contributed by atoms with Crippen LogP contribution in [0.25, 0.3) is 0 Å². The molecule has 0 spiro atoms. The maximum Gasteiger partial charge on any atom is 0.135 e. The van der Waals surface area contributed by atoms with Crippen molar-refractivity contribution in [3.05, 3.63) is 35.4 Å². The highest BCUT2D eigenvalue weighted by Crippen LogP contribution is 2.43. The summed E-state index contributed by atoms with van der Waals surface area (Å²) in [4.78, 5) is 23.4. The van der Waals surface area contributed by atoms with Crippen molar-refractivity contribution in [2.75, 3.05) is 0 Å². The molecule has 2 rings (SSSR count). The fourth-order valence-corrected chi connectivity index (χ4v) is 4.43. The molecular weight excluding hydrogens is 356 g/mol. The predicted octanol–water partition coefficient (Wildman–Crippen LogP) is 7.32. The quantitative estimate of drug-likeness (QED) is 0.407. The van der Waals surface area contributed by atoms with E-state index in [0.29, 0.717) is 11.7 Å². The molecule has 1 aliphatic carbocycles. The van der Waals surface area contributed by atoms with E-state index in [4.69, 9.17) is 0 Å². The van der Waals surface area contributed by atoms with Crippen LogP contribution in [-0.4, -0.2) is 12.1 Å². The van der Waals surface area contributed by atoms with Crippen LogP contribution in [0, 0.1) is 17.3 Å². The van der Waals surface area contributed by atoms with Crippen LogP contribution in [0.3, 0.4) is 0 Å². The van der Waals surface area contributed by atoms with Crippen molar-refractivity contribution in [1.29, 1.82) is 0 Å². The third-order valence-corrected chi connectivity index (χ3v) is 7.25. The largest absolute Gasteiger partial charge is 0.303 e. The molecule has 0 aromatic heterocycles. The van der Waals surface area contributed by atoms with E-state index in [1.165, 1.54) is 11.1 Å². The lowest BCUT2D eigenvalue weighted by atomic mass is 9.65. The minimum atomic E-state index is -0.178. The van der Waals surface area contributed by atoms with Gasteiger partial charge in [0.2, 0.25) is 0 Å². The first-order chi connectivity index (χ1) is 13.7. The Labute approximate surface area is 179 Å². The number of ketones is 1. The van der Waals surface area contributed by atoms with Gasteiger partial charge in [-0.2, -0.15) is 0 Å². The molecule has 2 nitrogen and oxygen atoms in total. The normalized spacial score (nSPS) is 22.9. The van der Waals surface area contributed by atoms with E-state index in [1.54, 1.807) is 6.92 Å². The summed E-state index contributed by atoms with van der Waals surface area (Å²) >= 11 is 0. The molecule has 1 unspecified atom stereocenters. The van der Waals surface area contributed by atoms with Crippen LogP contribution in [0.4, 0.5) is 0 Å². The second-order valence-electron chi connectivity index (χ2n) is 9.59. The third kappa shape index (κ3) is 7.08. The highest BCUT2D eigenvalue weighted by Gasteiger charge is 2.39. The van der Waals surface area contributed by atoms with Crippen LogP contribution in [0.5, 0.6) is 0 Å². The first kappa shape index (κ1) is 25.6. The van der Waals surface area contributed by atoms with Crippen molar-refractivity contribution in [2.24, 2.45) is 17.3 Å². The molecular formula is C27H44O2. The summed E-state index contributed by atoms with van der Waals surface area (Å²) in [5.74, 6) is 1.06. The first-order valence-corrected chi connectivity index (χ1v) is 11.8. The van der Waals surface area contributed by atoms with Crippen LogP contribution in [0.2, 0.25) is 0 Å². The van der Waals surface area contributed by atoms with Crippen molar-refractivity contribution in [3.8, 4) is 0 Å². The summed E-state index contributed by atoms with van der Waals surface area (Å²) < 4.78 is 0. The average Bonchev–Trinajstić information content (AvgIpc) is 2.74. The van der Waals surface area contributed by atoms with Gasteiger partial charge in [-0.05, 0) is 80.8 Å². The molecule has 0 saturated heterocycles. The SMILES string of the molecule is CC.CCC(C)(C)c1ccc(CC(C)CCC2(C(C)=O)CCC(C=O)CC2)cc1. The Morgan fingerprint density at radius 3 is 2.17 bits per heavy atom. The minimum absolute atomic E-state index is 0.167. The lowest BCUT2D eigenvalue weighted by molar-refractivity contribution is -0.130. The van der Waals surface area contributed by atoms with E-state index >= 15 is 0 Å². The van der Waals surface area contributed by atoms with Gasteiger partial charge >= 0.3 is 0 Å². The molecule has 29 heavy (non-hydrogen) atoms. The van der Waals surface area contributed by atoms with Crippen LogP contribution >= 0.6 is 0 Å². The zero-order valence-electron chi connectivity index (χ0n) is 20.0. The smallest absolute Gasteiger partial charge is 0.135 e. The topological polar surface area (TPSA) is 34.1 Å². The minimum Gasteiger partial charge on any atom is -0.303 e. The molecule has 0 radical (unpaired) electrons. The molecule has 1 aromatic carbocycles. The molecule has 0 bridgehead atoms. The van der Waals surface area contributed by atoms with Crippen molar-refractivity contribution in [3.63, 3.8) is 0 Å². The Hall–Kier alpha value is -1.44. The summed E-state index contributed by atoms with van der Waals surface area (Å²) in [7, 11) is 0. The van der Waals surface area contributed by atoms with Gasteiger partial charge in [-0.25, -0.2) is 0 Å². The van der Waals surface area contributed by atoms with Gasteiger partial charge in [0.05, 0.1) is 0 Å². The van der Waals surface area contributed by atoms with Crippen molar-refractivity contribution in [1.82, 2.24) is 0 Å². The molecule has 1 aromatic rings. The van der Waals surface area contributed by atoms with Crippen molar-refractivity contribution >= 4 is 12.1 Å². The first-order valence-electron chi connectivity index (χ1n) is 11.8. The van der Waals surface area contributed by atoms with E-state index in [9.17, 15) is 9.59 Å². The fourth-order valence-electron chi connectivity index (χ4n) is 4.43. The number of hydrogen-bond donors (Lipinski definition) is 0. The van der Waals surface area contributed by atoms with Gasteiger partial charge in [0, 0.05) is 11.3 Å². The molecule has 0 aliphatic heterocycles. The Morgan fingerprint density at radius 2 is 1.72 bits per heavy atom. The van der Waals surface area contributed by atoms with Crippen molar-refractivity contribution < 1.29 is 9.59 Å². The number of rotatable bonds is 9. The van der Waals surface area contributed by atoms with Gasteiger partial charge in [-0.15, -0.1) is 0 Å². The number of Topliss-reactive ketones (excluding diaryl/α,β-unsaturated/α-hetero) is 1. The molecule has 1 atom stereocenters. The Bertz CT molecular complexity index is 618. The Balaban J connectivity index is 0.00000204. The van der Waals surface area contributed by atoms with Gasteiger partial charge in [-0.1, -0.05) is 65.8 Å². The monoisotopic (exact) mass is 400 g/mol. The second-order valence-corrected chi connectivity index (χ2v) is 9.59. The van der Waals surface area contributed by atoms with Gasteiger partial charge < -0.3 is 4.79 Å². The molecule has 1 aliphatic rings. The van der Waals surface area contributed by atoms with E-state index in [-0.39, 0.29) is 16.7 Å². The third-order valence-electron chi connectivity index (χ3n) is 7.25. The summed E-state index contributed by atoms with van der Waals surface area (Å²) in [6.07, 6.45) is 8.87. The summed E-state index contributed by atoms with van der Waals surface area (Å²) in [5.41, 5.74) is 2.85. The number of carbonyl (C=O) groups excluding carboxylic acids is 2. The number of aldehydes is 1. The standard InChI is InChI=1S/C25H38O2.C2H6/c1-6-24(4,5)23-9-7-21(8-10-23)17-19(2)11-14-25(20(3)27)15-12-22(18-26)13-16-25;1-2/h7-10,18-19,22H,6,11-17H2,1-5H3;1-2H3. The van der Waals surface area contributed by atoms with Crippen LogP contribution in [-0.2, 0) is 21.4 Å². The molecule has 0 N–H and O–H groups in total. The van der Waals surface area contributed by atoms with Crippen molar-refractivity contribution in [2.45, 2.75) is 105 Å². The zero-order chi connectivity index (χ0) is 22.1. The highest BCUT2D eigenvalue weighted by atomic mass is 16.1. The van der Waals surface area contributed by atoms with Crippen LogP contribution in [0.1, 0.15) is 105 Å². The number of benzene rings is 1. The van der Waals surface area contributed by atoms with E-state index < -0.39 is 0 Å². The van der Waals surface area contributed by atoms with Crippen LogP contribution in [0.15, 0.2) is 24.3 Å². The van der Waals surface area contributed by atoms with E-state index in [2.05, 4.69) is 52.0 Å². The van der Waals surface area contributed by atoms with Gasteiger partial charge in [0.15, 0.2) is 0 Å². The lowest BCUT2D eigenvalue weighted by Crippen LogP contribution is -2.35. The average molecular weight is 401 g/mol. The molecule has 164 valence electrons. The lowest BCUT2D eigenvalue weighted by Gasteiger charge is -2.37. The summed E-state index contributed by atoms with van der Waals surface area (Å²) in [6, 6.07) is 9.12. The van der Waals surface area contributed by atoms with Gasteiger partial charge in [0.1, 0.15) is 12.1 Å². The van der Waals surface area contributed by atoms with Gasteiger partial charge in [0.25, 0.3) is 0 Å². The zero-order valence-corrected chi connectivity index (χ0v) is 20.0. The van der Waals surface area contributed by atoms with Gasteiger partial charge in [-0.3, -0.25) is 4.79 Å². The highest BCUT2D eigenvalue weighted by molar-refractivity contribution is 5.82. The second kappa shape index (κ2) is 11.7. The Morgan fingerprint density at radius 1 is 1.17 bits per heavy atom. The maximum absolute atomic E-state index is 12.4. The maximum atomic E-state index is 12.4. The molecule has 0 heterocycles. The van der Waals surface area contributed by atoms with Crippen LogP contribution < -0.4 is 0 Å². The molecule has 1 fully saturated rings. The summed E-state index contributed by atoms with van der Waals surface area (Å²) in [6.45, 7) is 14.9. The predicted molar refractivity (Wildman–Crippen MR) is 124 cm³/mol. The molecule has 1 saturated carbocycles. The Kier molecular flexibility index (Phi) is 10.3. The molecule has 0 amide bonds. The fraction of sp³-hybridized carbons (Fsp3) is 0.704. The molecule has 2 heteroatoms. The van der Waals surface area contributed by atoms with E-state index in [0.717, 1.165) is 57.7 Å². The summed E-state index contributed by atoms with van der Waals surface area (Å²) in [5, 5.41) is 0. The number of carbonyl (C=O) groups is 2.